The summed E-state index contributed by atoms with van der Waals surface area (Å²) in [5, 5.41) is 12.8. The third-order valence-corrected chi connectivity index (χ3v) is 9.64. The number of benzene rings is 2. The van der Waals surface area contributed by atoms with Gasteiger partial charge in [0.1, 0.15) is 18.6 Å². The molecule has 0 fully saturated rings. The van der Waals surface area contributed by atoms with E-state index in [2.05, 4.69) is 129 Å². The summed E-state index contributed by atoms with van der Waals surface area (Å²) in [4.78, 5) is 28.3. The van der Waals surface area contributed by atoms with Crippen LogP contribution in [0, 0.1) is 0 Å². The maximum absolute atomic E-state index is 14.0. The maximum atomic E-state index is 14.0. The fraction of sp³-hybridized carbons (Fsp3) is 0.462. The summed E-state index contributed by atoms with van der Waals surface area (Å²) >= 11 is 0. The van der Waals surface area contributed by atoms with Gasteiger partial charge in [-0.1, -0.05) is 88.2 Å². The Hall–Kier alpha value is -3.97. The van der Waals surface area contributed by atoms with Crippen molar-refractivity contribution in [2.75, 3.05) is 18.0 Å². The second kappa shape index (κ2) is 15.1. The number of amides is 1. The first kappa shape index (κ1) is 34.9. The van der Waals surface area contributed by atoms with Crippen molar-refractivity contribution < 1.29 is 25.0 Å². The highest BCUT2D eigenvalue weighted by molar-refractivity contribution is 6.03. The molecule has 7 heteroatoms. The Morgan fingerprint density at radius 2 is 1.61 bits per heavy atom. The van der Waals surface area contributed by atoms with Crippen LogP contribution in [0.4, 0.5) is 11.4 Å². The summed E-state index contributed by atoms with van der Waals surface area (Å²) < 4.78 is 2.39. The second-order valence-corrected chi connectivity index (χ2v) is 13.5. The van der Waals surface area contributed by atoms with Crippen molar-refractivity contribution in [1.29, 1.82) is 0 Å². The van der Waals surface area contributed by atoms with Gasteiger partial charge in [0, 0.05) is 34.5 Å². The number of unbranched alkanes of at least 4 members (excludes halogenated alkanes) is 2. The van der Waals surface area contributed by atoms with Gasteiger partial charge in [0.25, 0.3) is 0 Å². The van der Waals surface area contributed by atoms with Crippen molar-refractivity contribution in [3.8, 4) is 0 Å². The Balaban J connectivity index is 1.67. The number of fused-ring (bicyclic) bond motifs is 2. The first-order chi connectivity index (χ1) is 22.0. The van der Waals surface area contributed by atoms with Gasteiger partial charge < -0.3 is 21.1 Å². The Kier molecular flexibility index (Phi) is 11.4. The number of carbonyl (C=O) groups is 2. The number of nitrogens with zero attached hydrogens (tertiary/aromatic N) is 2. The number of hydrogen-bond donors (Lipinski definition) is 3. The maximum Gasteiger partial charge on any atom is 0.326 e. The highest BCUT2D eigenvalue weighted by Gasteiger charge is 2.45. The summed E-state index contributed by atoms with van der Waals surface area (Å²) in [5.74, 6) is -1.23. The number of para-hydroxylation sites is 2. The molecule has 0 saturated heterocycles. The van der Waals surface area contributed by atoms with E-state index in [-0.39, 0.29) is 16.7 Å². The third kappa shape index (κ3) is 7.05. The van der Waals surface area contributed by atoms with Crippen molar-refractivity contribution in [1.82, 2.24) is 5.32 Å². The average molecular weight is 627 g/mol. The van der Waals surface area contributed by atoms with Gasteiger partial charge in [-0.25, -0.2) is 4.79 Å². The molecular formula is C39H54N4O3+2. The summed E-state index contributed by atoms with van der Waals surface area (Å²) in [5.41, 5.74) is 10.5. The lowest BCUT2D eigenvalue weighted by molar-refractivity contribution is -0.433. The number of aliphatic carboxylic acids is 1. The number of quaternary nitrogens is 1. The quantitative estimate of drug-likeness (QED) is 0.121. The van der Waals surface area contributed by atoms with Crippen molar-refractivity contribution in [3.05, 3.63) is 95.7 Å². The van der Waals surface area contributed by atoms with E-state index in [0.717, 1.165) is 49.3 Å². The van der Waals surface area contributed by atoms with Crippen LogP contribution in [0.1, 0.15) is 91.2 Å². The summed E-state index contributed by atoms with van der Waals surface area (Å²) in [6, 6.07) is 15.4. The number of hydrogen-bond acceptors (Lipinski definition) is 3. The predicted octanol–water partition coefficient (Wildman–Crippen LogP) is 6.42. The van der Waals surface area contributed by atoms with E-state index in [1.807, 2.05) is 12.1 Å². The number of carboxylic acids is 1. The van der Waals surface area contributed by atoms with Crippen LogP contribution in [-0.2, 0) is 20.4 Å². The molecule has 2 aliphatic heterocycles. The lowest BCUT2D eigenvalue weighted by Crippen LogP contribution is -2.52. The summed E-state index contributed by atoms with van der Waals surface area (Å²) in [7, 11) is 0. The van der Waals surface area contributed by atoms with Crippen molar-refractivity contribution in [3.63, 3.8) is 0 Å². The van der Waals surface area contributed by atoms with E-state index >= 15 is 0 Å². The van der Waals surface area contributed by atoms with E-state index in [1.165, 1.54) is 17.0 Å². The molecule has 2 heterocycles. The molecule has 2 atom stereocenters. The highest BCUT2D eigenvalue weighted by Crippen LogP contribution is 2.49. The van der Waals surface area contributed by atoms with Gasteiger partial charge in [0.05, 0.1) is 12.0 Å². The Morgan fingerprint density at radius 3 is 2.28 bits per heavy atom. The fourth-order valence-corrected chi connectivity index (χ4v) is 7.07. The zero-order chi connectivity index (χ0) is 33.5. The summed E-state index contributed by atoms with van der Waals surface area (Å²) in [6.07, 6.45) is 14.9. The van der Waals surface area contributed by atoms with Gasteiger partial charge in [0.15, 0.2) is 5.71 Å². The molecule has 7 nitrogen and oxygen atoms in total. The number of anilines is 1. The molecular weight excluding hydrogens is 572 g/mol. The normalized spacial score (nSPS) is 18.8. The smallest absolute Gasteiger partial charge is 0.326 e. The molecule has 0 aliphatic carbocycles. The molecule has 5 N–H and O–H groups in total. The minimum Gasteiger partial charge on any atom is -0.480 e. The van der Waals surface area contributed by atoms with Crippen LogP contribution in [0.25, 0.3) is 0 Å². The van der Waals surface area contributed by atoms with Crippen molar-refractivity contribution in [2.45, 2.75) is 103 Å². The molecule has 2 aliphatic rings. The molecule has 0 radical (unpaired) electrons. The van der Waals surface area contributed by atoms with Gasteiger partial charge in [0.2, 0.25) is 11.6 Å². The molecule has 1 unspecified atom stereocenters. The average Bonchev–Trinajstić information content (AvgIpc) is 3.39. The van der Waals surface area contributed by atoms with E-state index in [0.29, 0.717) is 19.3 Å². The van der Waals surface area contributed by atoms with E-state index in [1.54, 1.807) is 0 Å². The predicted molar refractivity (Wildman–Crippen MR) is 188 cm³/mol. The molecule has 46 heavy (non-hydrogen) atoms. The van der Waals surface area contributed by atoms with Gasteiger partial charge >= 0.3 is 5.97 Å². The van der Waals surface area contributed by atoms with Crippen LogP contribution >= 0.6 is 0 Å². The highest BCUT2D eigenvalue weighted by atomic mass is 16.4. The monoisotopic (exact) mass is 626 g/mol. The largest absolute Gasteiger partial charge is 0.480 e. The van der Waals surface area contributed by atoms with Gasteiger partial charge in [-0.2, -0.15) is 4.58 Å². The number of allylic oxidation sites excluding steroid dienone is 6. The van der Waals surface area contributed by atoms with Crippen LogP contribution in [0.5, 0.6) is 0 Å². The van der Waals surface area contributed by atoms with Crippen molar-refractivity contribution >= 4 is 29.0 Å². The molecule has 0 saturated carbocycles. The molecule has 0 spiro atoms. The van der Waals surface area contributed by atoms with Crippen LogP contribution in [0.15, 0.2) is 84.6 Å². The molecule has 2 aromatic carbocycles. The summed E-state index contributed by atoms with van der Waals surface area (Å²) in [6.45, 7) is 14.9. The molecule has 246 valence electrons. The molecule has 1 amide bonds. The topological polar surface area (TPSA) is 100 Å². The molecule has 4 rings (SSSR count). The minimum absolute atomic E-state index is 0.0948. The van der Waals surface area contributed by atoms with Gasteiger partial charge in [-0.3, -0.25) is 4.79 Å². The Labute approximate surface area is 275 Å². The molecule has 0 bridgehead atoms. The molecule has 2 aromatic rings. The van der Waals surface area contributed by atoms with Crippen LogP contribution < -0.4 is 16.0 Å². The zero-order valence-corrected chi connectivity index (χ0v) is 28.7. The van der Waals surface area contributed by atoms with E-state index < -0.39 is 18.1 Å². The number of carbonyl (C=O) groups excluding carboxylic acids is 1. The molecule has 0 aromatic heterocycles. The van der Waals surface area contributed by atoms with Crippen LogP contribution in [-0.4, -0.2) is 52.4 Å². The third-order valence-electron chi connectivity index (χ3n) is 9.64. The number of carboxylic acid groups (broad SMARTS) is 1. The van der Waals surface area contributed by atoms with Gasteiger partial charge in [-0.15, -0.1) is 0 Å². The van der Waals surface area contributed by atoms with E-state index in [4.69, 9.17) is 0 Å². The van der Waals surface area contributed by atoms with E-state index in [9.17, 15) is 14.7 Å². The van der Waals surface area contributed by atoms with Gasteiger partial charge in [-0.05, 0) is 64.2 Å². The SMILES string of the molecule is CCCCC(C(=O)N[C@@H](CCCC[NH3+])C(=O)O)N1\C(=C/C=C/C=C/C2=[N+](CC)c3ccccc3C2(C)C)C(C)(C)c2ccccc21. The standard InChI is InChI=1S/C39H52N4O3/c1-7-9-22-33(36(44)41-30(37(45)46)21-17-18-27-40)43-32-24-16-14-20-29(32)39(5,6)35(43)26-12-10-11-25-34-38(3,4)28-19-13-15-23-31(28)42(34)8-2/h10-16,19-20,23-26,30,33H,7-9,17-18,21-22,27,40H2,1-6H3,(H-,41,44,45,46)/p+2/t30-,33?/m0/s1. The fourth-order valence-electron chi connectivity index (χ4n) is 7.07. The lowest BCUT2D eigenvalue weighted by atomic mass is 9.81. The first-order valence-electron chi connectivity index (χ1n) is 17.0. The second-order valence-electron chi connectivity index (χ2n) is 13.5. The minimum atomic E-state index is -0.993. The number of rotatable bonds is 15. The van der Waals surface area contributed by atoms with Crippen LogP contribution in [0.3, 0.4) is 0 Å². The van der Waals surface area contributed by atoms with Crippen molar-refractivity contribution in [2.24, 2.45) is 0 Å². The Bertz CT molecular complexity index is 1530. The van der Waals surface area contributed by atoms with Crippen LogP contribution in [0.2, 0.25) is 0 Å². The first-order valence-corrected chi connectivity index (χ1v) is 17.0. The Morgan fingerprint density at radius 1 is 0.913 bits per heavy atom. The zero-order valence-electron chi connectivity index (χ0n) is 28.7. The lowest BCUT2D eigenvalue weighted by Gasteiger charge is -2.34. The number of nitrogens with one attached hydrogen (secondary N) is 1.